The molecule has 1 aromatic rings. The monoisotopic (exact) mass is 367 g/mol. The van der Waals surface area contributed by atoms with Crippen molar-refractivity contribution < 1.29 is 28.5 Å². The lowest BCUT2D eigenvalue weighted by molar-refractivity contribution is -0.148. The summed E-state index contributed by atoms with van der Waals surface area (Å²) in [5.41, 5.74) is 0.845. The molecule has 0 aliphatic carbocycles. The summed E-state index contributed by atoms with van der Waals surface area (Å²) in [6.07, 6.45) is 2.46. The van der Waals surface area contributed by atoms with Gasteiger partial charge in [0, 0.05) is 12.5 Å². The third-order valence-corrected chi connectivity index (χ3v) is 3.84. The van der Waals surface area contributed by atoms with Crippen molar-refractivity contribution in [2.75, 3.05) is 27.9 Å². The van der Waals surface area contributed by atoms with Crippen molar-refractivity contribution in [3.05, 3.63) is 17.7 Å². The first-order valence-electron chi connectivity index (χ1n) is 8.68. The van der Waals surface area contributed by atoms with Crippen molar-refractivity contribution >= 4 is 11.9 Å². The highest BCUT2D eigenvalue weighted by molar-refractivity contribution is 5.80. The normalized spacial score (nSPS) is 11.4. The summed E-state index contributed by atoms with van der Waals surface area (Å²) >= 11 is 0. The van der Waals surface area contributed by atoms with Crippen molar-refractivity contribution in [2.24, 2.45) is 0 Å². The SMILES string of the molecule is CCC[C@@H](C)NC(=O)COC(=O)CCc1cc(OC)c(OC)c(OC)c1. The number of aryl methyl sites for hydroxylation is 1. The Bertz CT molecular complexity index is 577. The van der Waals surface area contributed by atoms with Crippen molar-refractivity contribution in [1.29, 1.82) is 0 Å². The minimum atomic E-state index is -0.433. The molecule has 0 radical (unpaired) electrons. The van der Waals surface area contributed by atoms with Gasteiger partial charge in [0.05, 0.1) is 21.3 Å². The number of carbonyl (C=O) groups excluding carboxylic acids is 2. The highest BCUT2D eigenvalue weighted by Gasteiger charge is 2.15. The molecule has 26 heavy (non-hydrogen) atoms. The predicted octanol–water partition coefficient (Wildman–Crippen LogP) is 2.49. The van der Waals surface area contributed by atoms with E-state index in [1.165, 1.54) is 21.3 Å². The molecule has 7 nitrogen and oxygen atoms in total. The molecule has 1 atom stereocenters. The maximum atomic E-state index is 11.9. The van der Waals surface area contributed by atoms with Gasteiger partial charge >= 0.3 is 5.97 Å². The standard InChI is InChI=1S/C19H29NO6/c1-6-7-13(2)20-17(21)12-26-18(22)9-8-14-10-15(23-3)19(25-5)16(11-14)24-4/h10-11,13H,6-9,12H2,1-5H3,(H,20,21)/t13-/m1/s1. The molecule has 0 saturated carbocycles. The number of hydrogen-bond acceptors (Lipinski definition) is 6. The molecule has 1 rings (SSSR count). The van der Waals surface area contributed by atoms with Gasteiger partial charge in [0.2, 0.25) is 5.75 Å². The Balaban J connectivity index is 2.53. The summed E-state index contributed by atoms with van der Waals surface area (Å²) < 4.78 is 20.9. The van der Waals surface area contributed by atoms with Gasteiger partial charge in [-0.05, 0) is 37.5 Å². The minimum Gasteiger partial charge on any atom is -0.493 e. The predicted molar refractivity (Wildman–Crippen MR) is 97.9 cm³/mol. The lowest BCUT2D eigenvalue weighted by Gasteiger charge is -2.14. The molecule has 7 heteroatoms. The summed E-state index contributed by atoms with van der Waals surface area (Å²) in [5, 5.41) is 2.79. The fourth-order valence-electron chi connectivity index (χ4n) is 2.57. The first kappa shape index (κ1) is 21.6. The second-order valence-electron chi connectivity index (χ2n) is 5.95. The summed E-state index contributed by atoms with van der Waals surface area (Å²) in [5.74, 6) is 0.836. The quantitative estimate of drug-likeness (QED) is 0.605. The second-order valence-corrected chi connectivity index (χ2v) is 5.95. The molecule has 0 aliphatic rings. The molecule has 0 aromatic heterocycles. The maximum Gasteiger partial charge on any atom is 0.306 e. The van der Waals surface area contributed by atoms with Gasteiger partial charge in [-0.25, -0.2) is 0 Å². The number of amides is 1. The van der Waals surface area contributed by atoms with Crippen LogP contribution in [0, 0.1) is 0 Å². The average Bonchev–Trinajstić information content (AvgIpc) is 2.63. The summed E-state index contributed by atoms with van der Waals surface area (Å²) in [4.78, 5) is 23.6. The molecule has 0 fully saturated rings. The van der Waals surface area contributed by atoms with E-state index in [1.807, 2.05) is 13.8 Å². The minimum absolute atomic E-state index is 0.0745. The molecule has 0 unspecified atom stereocenters. The van der Waals surface area contributed by atoms with E-state index in [4.69, 9.17) is 18.9 Å². The Labute approximate surface area is 155 Å². The van der Waals surface area contributed by atoms with Gasteiger partial charge in [0.15, 0.2) is 18.1 Å². The lowest BCUT2D eigenvalue weighted by Crippen LogP contribution is -2.35. The Kier molecular flexibility index (Phi) is 9.33. The highest BCUT2D eigenvalue weighted by atomic mass is 16.5. The summed E-state index contributed by atoms with van der Waals surface area (Å²) in [6, 6.07) is 3.65. The molecule has 0 heterocycles. The summed E-state index contributed by atoms with van der Waals surface area (Å²) in [7, 11) is 4.60. The first-order valence-corrected chi connectivity index (χ1v) is 8.68. The molecular weight excluding hydrogens is 338 g/mol. The Hall–Kier alpha value is -2.44. The van der Waals surface area contributed by atoms with Crippen LogP contribution in [0.5, 0.6) is 17.2 Å². The Morgan fingerprint density at radius 2 is 1.69 bits per heavy atom. The molecule has 0 aliphatic heterocycles. The van der Waals surface area contributed by atoms with Crippen molar-refractivity contribution in [2.45, 2.75) is 45.6 Å². The van der Waals surface area contributed by atoms with Gasteiger partial charge in [-0.15, -0.1) is 0 Å². The smallest absolute Gasteiger partial charge is 0.306 e. The molecule has 0 spiro atoms. The number of carbonyl (C=O) groups is 2. The first-order chi connectivity index (χ1) is 12.4. The van der Waals surface area contributed by atoms with Crippen LogP contribution in [-0.2, 0) is 20.7 Å². The number of benzene rings is 1. The molecule has 0 bridgehead atoms. The number of hydrogen-bond donors (Lipinski definition) is 1. The zero-order chi connectivity index (χ0) is 19.5. The fourth-order valence-corrected chi connectivity index (χ4v) is 2.57. The maximum absolute atomic E-state index is 11.9. The van der Waals surface area contributed by atoms with E-state index in [9.17, 15) is 9.59 Å². The molecule has 146 valence electrons. The zero-order valence-corrected chi connectivity index (χ0v) is 16.2. The largest absolute Gasteiger partial charge is 0.493 e. The number of nitrogens with one attached hydrogen (secondary N) is 1. The molecular formula is C19H29NO6. The Morgan fingerprint density at radius 1 is 1.08 bits per heavy atom. The van der Waals surface area contributed by atoms with Crippen molar-refractivity contribution in [3.8, 4) is 17.2 Å². The van der Waals surface area contributed by atoms with Gasteiger partial charge in [-0.3, -0.25) is 9.59 Å². The molecule has 1 N–H and O–H groups in total. The van der Waals surface area contributed by atoms with Crippen molar-refractivity contribution in [3.63, 3.8) is 0 Å². The third kappa shape index (κ3) is 6.82. The van der Waals surface area contributed by atoms with Crippen LogP contribution in [0.15, 0.2) is 12.1 Å². The van der Waals surface area contributed by atoms with Gasteiger partial charge in [-0.1, -0.05) is 13.3 Å². The Morgan fingerprint density at radius 3 is 2.19 bits per heavy atom. The van der Waals surface area contributed by atoms with E-state index in [-0.39, 0.29) is 25.0 Å². The van der Waals surface area contributed by atoms with Gasteiger partial charge in [0.1, 0.15) is 0 Å². The molecule has 1 amide bonds. The lowest BCUT2D eigenvalue weighted by atomic mass is 10.1. The number of ether oxygens (including phenoxy) is 4. The van der Waals surface area contributed by atoms with Crippen LogP contribution in [0.2, 0.25) is 0 Å². The van der Waals surface area contributed by atoms with Crippen LogP contribution >= 0.6 is 0 Å². The number of esters is 1. The third-order valence-electron chi connectivity index (χ3n) is 3.84. The van der Waals surface area contributed by atoms with E-state index in [1.54, 1.807) is 12.1 Å². The number of rotatable bonds is 11. The summed E-state index contributed by atoms with van der Waals surface area (Å²) in [6.45, 7) is 3.71. The van der Waals surface area contributed by atoms with Crippen molar-refractivity contribution in [1.82, 2.24) is 5.32 Å². The van der Waals surface area contributed by atoms with Gasteiger partial charge in [-0.2, -0.15) is 0 Å². The van der Waals surface area contributed by atoms with E-state index in [0.29, 0.717) is 23.7 Å². The van der Waals surface area contributed by atoms with Crippen LogP contribution in [-0.4, -0.2) is 45.9 Å². The molecule has 1 aromatic carbocycles. The average molecular weight is 367 g/mol. The van der Waals surface area contributed by atoms with E-state index >= 15 is 0 Å². The fraction of sp³-hybridized carbons (Fsp3) is 0.579. The van der Waals surface area contributed by atoms with Crippen LogP contribution < -0.4 is 19.5 Å². The van der Waals surface area contributed by atoms with Gasteiger partial charge < -0.3 is 24.3 Å². The second kappa shape index (κ2) is 11.2. The van der Waals surface area contributed by atoms with Gasteiger partial charge in [0.25, 0.3) is 5.91 Å². The van der Waals surface area contributed by atoms with Crippen LogP contribution in [0.25, 0.3) is 0 Å². The zero-order valence-electron chi connectivity index (χ0n) is 16.2. The molecule has 0 saturated heterocycles. The van der Waals surface area contributed by atoms with E-state index < -0.39 is 5.97 Å². The highest BCUT2D eigenvalue weighted by Crippen LogP contribution is 2.38. The van der Waals surface area contributed by atoms with Crippen LogP contribution in [0.1, 0.15) is 38.7 Å². The number of methoxy groups -OCH3 is 3. The van der Waals surface area contributed by atoms with E-state index in [2.05, 4.69) is 5.32 Å². The van der Waals surface area contributed by atoms with Crippen LogP contribution in [0.4, 0.5) is 0 Å². The van der Waals surface area contributed by atoms with Crippen LogP contribution in [0.3, 0.4) is 0 Å². The van der Waals surface area contributed by atoms with E-state index in [0.717, 1.165) is 18.4 Å². The topological polar surface area (TPSA) is 83.1 Å².